The first-order valence-electron chi connectivity index (χ1n) is 2.91. The lowest BCUT2D eigenvalue weighted by molar-refractivity contribution is 0.511. The molecule has 9 heavy (non-hydrogen) atoms. The van der Waals surface area contributed by atoms with Gasteiger partial charge in [0.25, 0.3) is 0 Å². The predicted octanol–water partition coefficient (Wildman–Crippen LogP) is 2.88. The minimum absolute atomic E-state index is 0.230. The number of halogens is 2. The van der Waals surface area contributed by atoms with Crippen molar-refractivity contribution in [2.24, 2.45) is 0 Å². The Morgan fingerprint density at radius 3 is 2.44 bits per heavy atom. The van der Waals surface area contributed by atoms with Gasteiger partial charge >= 0.3 is 0 Å². The molecule has 1 aliphatic carbocycles. The fourth-order valence-electron chi connectivity index (χ4n) is 0.793. The highest BCUT2D eigenvalue weighted by Gasteiger charge is 2.09. The molecular weight excluding hydrogens is 122 g/mol. The summed E-state index contributed by atoms with van der Waals surface area (Å²) >= 11 is 0. The molecule has 0 nitrogen and oxygen atoms in total. The number of allylic oxidation sites excluding steroid dienone is 4. The van der Waals surface area contributed by atoms with E-state index in [1.54, 1.807) is 6.92 Å². The quantitative estimate of drug-likeness (QED) is 0.473. The molecule has 0 aromatic carbocycles. The normalized spacial score (nSPS) is 20.1. The highest BCUT2D eigenvalue weighted by Crippen LogP contribution is 2.24. The van der Waals surface area contributed by atoms with Crippen LogP contribution in [0.5, 0.6) is 0 Å². The SMILES string of the molecule is CC1=CC(F)=C(F)CC1. The van der Waals surface area contributed by atoms with Crippen LogP contribution >= 0.6 is 0 Å². The van der Waals surface area contributed by atoms with Crippen LogP contribution in [-0.4, -0.2) is 0 Å². The molecule has 0 bridgehead atoms. The molecule has 0 heterocycles. The van der Waals surface area contributed by atoms with E-state index in [9.17, 15) is 8.78 Å². The Labute approximate surface area is 52.9 Å². The summed E-state index contributed by atoms with van der Waals surface area (Å²) in [5, 5.41) is 0. The smallest absolute Gasteiger partial charge is 0.154 e. The molecule has 0 aliphatic heterocycles. The third kappa shape index (κ3) is 1.37. The van der Waals surface area contributed by atoms with Crippen LogP contribution < -0.4 is 0 Å². The Kier molecular flexibility index (Phi) is 1.65. The first-order valence-corrected chi connectivity index (χ1v) is 2.91. The molecule has 2 heteroatoms. The summed E-state index contributed by atoms with van der Waals surface area (Å²) in [5.74, 6) is -1.31. The average molecular weight is 130 g/mol. The third-order valence-corrected chi connectivity index (χ3v) is 1.37. The zero-order valence-electron chi connectivity index (χ0n) is 5.25. The van der Waals surface area contributed by atoms with Crippen LogP contribution in [0, 0.1) is 0 Å². The Bertz CT molecular complexity index is 177. The molecule has 0 aromatic heterocycles. The minimum Gasteiger partial charge on any atom is -0.209 e. The van der Waals surface area contributed by atoms with E-state index in [1.165, 1.54) is 6.08 Å². The van der Waals surface area contributed by atoms with E-state index in [2.05, 4.69) is 0 Å². The van der Waals surface area contributed by atoms with Gasteiger partial charge in [-0.1, -0.05) is 5.57 Å². The van der Waals surface area contributed by atoms with Gasteiger partial charge in [0.2, 0.25) is 0 Å². The molecule has 0 unspecified atom stereocenters. The van der Waals surface area contributed by atoms with E-state index in [-0.39, 0.29) is 6.42 Å². The zero-order chi connectivity index (χ0) is 6.85. The second kappa shape index (κ2) is 2.29. The van der Waals surface area contributed by atoms with Crippen LogP contribution in [-0.2, 0) is 0 Å². The van der Waals surface area contributed by atoms with Crippen molar-refractivity contribution < 1.29 is 8.78 Å². The molecule has 0 radical (unpaired) electrons. The Hall–Kier alpha value is -0.660. The maximum absolute atomic E-state index is 12.3. The molecule has 0 saturated carbocycles. The zero-order valence-corrected chi connectivity index (χ0v) is 5.25. The van der Waals surface area contributed by atoms with Crippen molar-refractivity contribution >= 4 is 0 Å². The summed E-state index contributed by atoms with van der Waals surface area (Å²) in [6, 6.07) is 0. The molecule has 0 amide bonds. The fourth-order valence-corrected chi connectivity index (χ4v) is 0.793. The van der Waals surface area contributed by atoms with Crippen LogP contribution in [0.3, 0.4) is 0 Å². The molecule has 0 atom stereocenters. The second-order valence-corrected chi connectivity index (χ2v) is 2.24. The first kappa shape index (κ1) is 6.46. The van der Waals surface area contributed by atoms with Crippen molar-refractivity contribution in [2.75, 3.05) is 0 Å². The number of hydrogen-bond acceptors (Lipinski definition) is 0. The van der Waals surface area contributed by atoms with E-state index in [0.717, 1.165) is 5.57 Å². The summed E-state index contributed by atoms with van der Waals surface area (Å²) in [4.78, 5) is 0. The van der Waals surface area contributed by atoms with E-state index in [4.69, 9.17) is 0 Å². The number of rotatable bonds is 0. The molecule has 50 valence electrons. The summed E-state index contributed by atoms with van der Waals surface area (Å²) in [5.41, 5.74) is 0.911. The van der Waals surface area contributed by atoms with Crippen LogP contribution in [0.25, 0.3) is 0 Å². The molecule has 0 N–H and O–H groups in total. The maximum Gasteiger partial charge on any atom is 0.154 e. The van der Waals surface area contributed by atoms with Crippen molar-refractivity contribution in [2.45, 2.75) is 19.8 Å². The number of hydrogen-bond donors (Lipinski definition) is 0. The van der Waals surface area contributed by atoms with Crippen molar-refractivity contribution in [3.63, 3.8) is 0 Å². The van der Waals surface area contributed by atoms with Crippen molar-refractivity contribution in [1.29, 1.82) is 0 Å². The molecule has 0 aromatic rings. The van der Waals surface area contributed by atoms with Crippen LogP contribution in [0.2, 0.25) is 0 Å². The average Bonchev–Trinajstić information content (AvgIpc) is 1.80. The molecule has 1 rings (SSSR count). The van der Waals surface area contributed by atoms with Crippen LogP contribution in [0.1, 0.15) is 19.8 Å². The van der Waals surface area contributed by atoms with Gasteiger partial charge in [0.15, 0.2) is 5.83 Å². The van der Waals surface area contributed by atoms with Gasteiger partial charge in [-0.05, 0) is 19.4 Å². The van der Waals surface area contributed by atoms with Crippen LogP contribution in [0.15, 0.2) is 23.3 Å². The largest absolute Gasteiger partial charge is 0.209 e. The van der Waals surface area contributed by atoms with Gasteiger partial charge in [-0.3, -0.25) is 0 Å². The Morgan fingerprint density at radius 2 is 2.00 bits per heavy atom. The van der Waals surface area contributed by atoms with Gasteiger partial charge in [0.1, 0.15) is 5.83 Å². The Morgan fingerprint density at radius 1 is 1.33 bits per heavy atom. The van der Waals surface area contributed by atoms with Gasteiger partial charge in [-0.25, -0.2) is 8.78 Å². The van der Waals surface area contributed by atoms with Crippen LogP contribution in [0.4, 0.5) is 8.78 Å². The van der Waals surface area contributed by atoms with Crippen molar-refractivity contribution in [1.82, 2.24) is 0 Å². The lowest BCUT2D eigenvalue weighted by Gasteiger charge is -2.05. The monoisotopic (exact) mass is 130 g/mol. The summed E-state index contributed by atoms with van der Waals surface area (Å²) in [6.07, 6.45) is 2.13. The highest BCUT2D eigenvalue weighted by atomic mass is 19.2. The molecular formula is C7H8F2. The molecule has 1 aliphatic rings. The van der Waals surface area contributed by atoms with Crippen molar-refractivity contribution in [3.05, 3.63) is 23.3 Å². The van der Waals surface area contributed by atoms with Crippen molar-refractivity contribution in [3.8, 4) is 0 Å². The van der Waals surface area contributed by atoms with E-state index in [0.29, 0.717) is 6.42 Å². The summed E-state index contributed by atoms with van der Waals surface area (Å²) in [6.45, 7) is 1.80. The van der Waals surface area contributed by atoms with Gasteiger partial charge in [0.05, 0.1) is 0 Å². The second-order valence-electron chi connectivity index (χ2n) is 2.24. The third-order valence-electron chi connectivity index (χ3n) is 1.37. The van der Waals surface area contributed by atoms with Gasteiger partial charge in [0, 0.05) is 6.42 Å². The van der Waals surface area contributed by atoms with Gasteiger partial charge in [-0.2, -0.15) is 0 Å². The van der Waals surface area contributed by atoms with Gasteiger partial charge < -0.3 is 0 Å². The van der Waals surface area contributed by atoms with E-state index < -0.39 is 11.7 Å². The minimum atomic E-state index is -0.696. The topological polar surface area (TPSA) is 0 Å². The molecule has 0 spiro atoms. The summed E-state index contributed by atoms with van der Waals surface area (Å²) in [7, 11) is 0. The first-order chi connectivity index (χ1) is 4.20. The predicted molar refractivity (Wildman–Crippen MR) is 32.2 cm³/mol. The van der Waals surface area contributed by atoms with E-state index >= 15 is 0 Å². The molecule has 0 fully saturated rings. The fraction of sp³-hybridized carbons (Fsp3) is 0.429. The van der Waals surface area contributed by atoms with E-state index in [1.807, 2.05) is 0 Å². The Balaban J connectivity index is 2.83. The highest BCUT2D eigenvalue weighted by molar-refractivity contribution is 5.24. The lowest BCUT2D eigenvalue weighted by atomic mass is 10.1. The standard InChI is InChI=1S/C7H8F2/c1-5-2-3-6(8)7(9)4-5/h4H,2-3H2,1H3. The maximum atomic E-state index is 12.3. The molecule has 0 saturated heterocycles. The van der Waals surface area contributed by atoms with Gasteiger partial charge in [-0.15, -0.1) is 0 Å². The lowest BCUT2D eigenvalue weighted by Crippen LogP contribution is -1.89. The summed E-state index contributed by atoms with van der Waals surface area (Å²) < 4.78 is 24.5.